The fourth-order valence-corrected chi connectivity index (χ4v) is 4.85. The van der Waals surface area contributed by atoms with Crippen molar-refractivity contribution in [1.82, 2.24) is 24.2 Å². The van der Waals surface area contributed by atoms with Gasteiger partial charge in [-0.05, 0) is 49.2 Å². The van der Waals surface area contributed by atoms with Crippen molar-refractivity contribution < 1.29 is 26.0 Å². The summed E-state index contributed by atoms with van der Waals surface area (Å²) in [6.45, 7) is 4.30. The smallest absolute Gasteiger partial charge is 0.275 e. The largest absolute Gasteiger partial charge is 0.404 e. The summed E-state index contributed by atoms with van der Waals surface area (Å²) in [6, 6.07) is 6.34. The Morgan fingerprint density at radius 1 is 1.22 bits per heavy atom. The molecule has 1 atom stereocenters. The van der Waals surface area contributed by atoms with Crippen LogP contribution in [0.4, 0.5) is 17.6 Å². The second kappa shape index (κ2) is 9.72. The molecule has 1 unspecified atom stereocenters. The molecule has 3 heterocycles. The van der Waals surface area contributed by atoms with E-state index in [0.29, 0.717) is 18.0 Å². The Morgan fingerprint density at radius 2 is 1.92 bits per heavy atom. The molecule has 37 heavy (non-hydrogen) atoms. The molecule has 0 spiro atoms. The standard InChI is InChI=1S/C24H18F4N6O2S/c1-3-5-15-10-21-17(11-19(15)25)18(12-29)22(34(21)23-30-8-4-9-31-23)20-7-6-16(13-32-20)37(35,36)33-14(2)24(26,27)28/h3-4,6-11,13-14,33H,1,5H2,2H3. The van der Waals surface area contributed by atoms with Crippen molar-refractivity contribution in [3.63, 3.8) is 0 Å². The molecule has 0 bridgehead atoms. The molecule has 3 aromatic heterocycles. The Morgan fingerprint density at radius 3 is 2.49 bits per heavy atom. The van der Waals surface area contributed by atoms with Crippen LogP contribution in [0, 0.1) is 17.1 Å². The van der Waals surface area contributed by atoms with Gasteiger partial charge in [0.1, 0.15) is 22.8 Å². The van der Waals surface area contributed by atoms with Gasteiger partial charge in [0.2, 0.25) is 16.0 Å². The van der Waals surface area contributed by atoms with Crippen LogP contribution in [0.25, 0.3) is 28.2 Å². The maximum atomic E-state index is 14.8. The quantitative estimate of drug-likeness (QED) is 0.279. The van der Waals surface area contributed by atoms with Crippen LogP contribution in [0.15, 0.2) is 66.5 Å². The van der Waals surface area contributed by atoms with E-state index in [1.807, 2.05) is 6.07 Å². The van der Waals surface area contributed by atoms with Crippen molar-refractivity contribution in [1.29, 1.82) is 5.26 Å². The van der Waals surface area contributed by atoms with Gasteiger partial charge >= 0.3 is 6.18 Å². The third-order valence-electron chi connectivity index (χ3n) is 5.48. The molecule has 0 fully saturated rings. The van der Waals surface area contributed by atoms with Gasteiger partial charge in [-0.15, -0.1) is 6.58 Å². The fourth-order valence-electron chi connectivity index (χ4n) is 3.68. The van der Waals surface area contributed by atoms with Crippen LogP contribution >= 0.6 is 0 Å². The molecule has 0 amide bonds. The highest BCUT2D eigenvalue weighted by atomic mass is 32.2. The van der Waals surface area contributed by atoms with E-state index in [1.165, 1.54) is 41.2 Å². The first kappa shape index (κ1) is 25.9. The lowest BCUT2D eigenvalue weighted by Gasteiger charge is -2.17. The first-order valence-corrected chi connectivity index (χ1v) is 12.2. The van der Waals surface area contributed by atoms with E-state index in [2.05, 4.69) is 21.5 Å². The molecule has 4 aromatic rings. The summed E-state index contributed by atoms with van der Waals surface area (Å²) in [7, 11) is -4.55. The molecule has 190 valence electrons. The zero-order valence-electron chi connectivity index (χ0n) is 19.2. The number of hydrogen-bond acceptors (Lipinski definition) is 6. The molecular weight excluding hydrogens is 512 g/mol. The number of benzene rings is 1. The Kier molecular flexibility index (Phi) is 6.81. The molecule has 1 aromatic carbocycles. The second-order valence-corrected chi connectivity index (χ2v) is 9.65. The van der Waals surface area contributed by atoms with Crippen molar-refractivity contribution in [3.8, 4) is 23.4 Å². The second-order valence-electron chi connectivity index (χ2n) is 7.94. The number of hydrogen-bond donors (Lipinski definition) is 1. The van der Waals surface area contributed by atoms with Gasteiger partial charge in [0, 0.05) is 24.0 Å². The fraction of sp³-hybridized carbons (Fsp3) is 0.167. The monoisotopic (exact) mass is 530 g/mol. The van der Waals surface area contributed by atoms with E-state index in [4.69, 9.17) is 0 Å². The van der Waals surface area contributed by atoms with E-state index in [0.717, 1.165) is 12.3 Å². The Hall–Kier alpha value is -4.15. The minimum Gasteiger partial charge on any atom is -0.275 e. The number of nitrogens with zero attached hydrogens (tertiary/aromatic N) is 5. The van der Waals surface area contributed by atoms with Gasteiger partial charge in [-0.1, -0.05) is 6.08 Å². The Bertz CT molecular complexity index is 1630. The number of rotatable bonds is 7. The maximum absolute atomic E-state index is 14.8. The molecule has 0 aliphatic rings. The Balaban J connectivity index is 1.92. The highest BCUT2D eigenvalue weighted by molar-refractivity contribution is 7.89. The van der Waals surface area contributed by atoms with Crippen LogP contribution in [-0.2, 0) is 16.4 Å². The number of pyridine rings is 1. The molecule has 0 radical (unpaired) electrons. The highest BCUT2D eigenvalue weighted by Gasteiger charge is 2.39. The van der Waals surface area contributed by atoms with Crippen LogP contribution in [0.1, 0.15) is 18.1 Å². The predicted octanol–water partition coefficient (Wildman–Crippen LogP) is 4.45. The van der Waals surface area contributed by atoms with Crippen LogP contribution in [0.5, 0.6) is 0 Å². The number of fused-ring (bicyclic) bond motifs is 1. The number of halogens is 4. The number of aromatic nitrogens is 4. The Labute approximate surface area is 209 Å². The first-order chi connectivity index (χ1) is 17.5. The van der Waals surface area contributed by atoms with E-state index in [9.17, 15) is 31.2 Å². The summed E-state index contributed by atoms with van der Waals surface area (Å²) in [4.78, 5) is 12.1. The maximum Gasteiger partial charge on any atom is 0.404 e. The van der Waals surface area contributed by atoms with Gasteiger partial charge < -0.3 is 0 Å². The van der Waals surface area contributed by atoms with E-state index in [-0.39, 0.29) is 34.7 Å². The van der Waals surface area contributed by atoms with Crippen LogP contribution in [0.2, 0.25) is 0 Å². The summed E-state index contributed by atoms with van der Waals surface area (Å²) in [5.74, 6) is -0.417. The van der Waals surface area contributed by atoms with Crippen LogP contribution in [-0.4, -0.2) is 40.2 Å². The summed E-state index contributed by atoms with van der Waals surface area (Å²) in [5, 5.41) is 10.2. The summed E-state index contributed by atoms with van der Waals surface area (Å²) >= 11 is 0. The zero-order chi connectivity index (χ0) is 27.0. The predicted molar refractivity (Wildman–Crippen MR) is 127 cm³/mol. The molecular formula is C24H18F4N6O2S. The molecule has 8 nitrogen and oxygen atoms in total. The van der Waals surface area contributed by atoms with E-state index < -0.39 is 33.0 Å². The zero-order valence-corrected chi connectivity index (χ0v) is 20.0. The molecule has 0 saturated heterocycles. The van der Waals surface area contributed by atoms with Crippen LogP contribution < -0.4 is 4.72 Å². The van der Waals surface area contributed by atoms with Gasteiger partial charge in [-0.2, -0.15) is 23.2 Å². The minimum absolute atomic E-state index is 0.0263. The van der Waals surface area contributed by atoms with E-state index in [1.54, 1.807) is 10.8 Å². The first-order valence-electron chi connectivity index (χ1n) is 10.7. The topological polar surface area (TPSA) is 114 Å². The number of nitrogens with one attached hydrogen (secondary N) is 1. The summed E-state index contributed by atoms with van der Waals surface area (Å²) < 4.78 is 81.3. The molecule has 13 heteroatoms. The number of allylic oxidation sites excluding steroid dienone is 1. The van der Waals surface area contributed by atoms with Crippen molar-refractivity contribution in [2.75, 3.05) is 0 Å². The number of nitriles is 1. The third-order valence-corrected chi connectivity index (χ3v) is 7.00. The van der Waals surface area contributed by atoms with Crippen LogP contribution in [0.3, 0.4) is 0 Å². The number of alkyl halides is 3. The van der Waals surface area contributed by atoms with Gasteiger partial charge in [0.25, 0.3) is 0 Å². The van der Waals surface area contributed by atoms with Gasteiger partial charge in [0.05, 0.1) is 22.5 Å². The van der Waals surface area contributed by atoms with Gasteiger partial charge in [-0.25, -0.2) is 22.8 Å². The lowest BCUT2D eigenvalue weighted by molar-refractivity contribution is -0.147. The molecule has 4 rings (SSSR count). The van der Waals surface area contributed by atoms with E-state index >= 15 is 0 Å². The van der Waals surface area contributed by atoms with Crippen molar-refractivity contribution in [2.24, 2.45) is 0 Å². The normalized spacial score (nSPS) is 12.9. The number of sulfonamides is 1. The molecule has 0 aliphatic carbocycles. The molecule has 0 aliphatic heterocycles. The highest BCUT2D eigenvalue weighted by Crippen LogP contribution is 2.36. The lowest BCUT2D eigenvalue weighted by atomic mass is 10.1. The molecule has 0 saturated carbocycles. The van der Waals surface area contributed by atoms with Gasteiger partial charge in [0.15, 0.2) is 0 Å². The van der Waals surface area contributed by atoms with Crippen molar-refractivity contribution >= 4 is 20.9 Å². The average molecular weight is 531 g/mol. The lowest BCUT2D eigenvalue weighted by Crippen LogP contribution is -2.42. The SMILES string of the molecule is C=CCc1cc2c(cc1F)c(C#N)c(-c1ccc(S(=O)(=O)NC(C)C(F)(F)F)cn1)n2-c1ncccn1. The van der Waals surface area contributed by atoms with Crippen molar-refractivity contribution in [2.45, 2.75) is 30.5 Å². The summed E-state index contributed by atoms with van der Waals surface area (Å²) in [5.41, 5.74) is 0.981. The average Bonchev–Trinajstić information content (AvgIpc) is 3.17. The third kappa shape index (κ3) is 4.93. The van der Waals surface area contributed by atoms with Gasteiger partial charge in [-0.3, -0.25) is 9.55 Å². The van der Waals surface area contributed by atoms with Crippen molar-refractivity contribution in [3.05, 3.63) is 78.5 Å². The minimum atomic E-state index is -4.78. The summed E-state index contributed by atoms with van der Waals surface area (Å²) in [6.07, 6.45) is 0.770. The molecule has 1 N–H and O–H groups in total.